The topological polar surface area (TPSA) is 71.5 Å². The number of piperidine rings is 1. The van der Waals surface area contributed by atoms with Crippen LogP contribution in [0.1, 0.15) is 38.2 Å². The van der Waals surface area contributed by atoms with Crippen LogP contribution in [0, 0.1) is 18.7 Å². The predicted molar refractivity (Wildman–Crippen MR) is 93.7 cm³/mol. The number of ether oxygens (including phenoxy) is 1. The number of halogens is 2. The summed E-state index contributed by atoms with van der Waals surface area (Å²) in [7, 11) is 0. The van der Waals surface area contributed by atoms with Crippen molar-refractivity contribution in [2.45, 2.75) is 51.6 Å². The number of hydrogen-bond acceptors (Lipinski definition) is 4. The Bertz CT molecular complexity index is 700. The summed E-state index contributed by atoms with van der Waals surface area (Å²) in [5, 5.41) is 2.72. The lowest BCUT2D eigenvalue weighted by Crippen LogP contribution is -2.46. The van der Waals surface area contributed by atoms with Crippen LogP contribution in [0.3, 0.4) is 0 Å². The Labute approximate surface area is 154 Å². The maximum atomic E-state index is 13.5. The summed E-state index contributed by atoms with van der Waals surface area (Å²) in [5.41, 5.74) is 0.522. The summed E-state index contributed by atoms with van der Waals surface area (Å²) < 4.78 is 18.8. The lowest BCUT2D eigenvalue weighted by molar-refractivity contribution is -0.120. The van der Waals surface area contributed by atoms with Crippen molar-refractivity contribution >= 4 is 33.7 Å². The van der Waals surface area contributed by atoms with Crippen LogP contribution in [0.2, 0.25) is 0 Å². The highest BCUT2D eigenvalue weighted by atomic mass is 79.9. The van der Waals surface area contributed by atoms with E-state index in [0.29, 0.717) is 24.5 Å². The van der Waals surface area contributed by atoms with Crippen molar-refractivity contribution < 1.29 is 18.7 Å². The molecule has 8 heteroatoms. The molecule has 0 radical (unpaired) electrons. The molecule has 0 bridgehead atoms. The minimum atomic E-state index is -0.567. The molecule has 1 aromatic heterocycles. The first kappa shape index (κ1) is 18.1. The highest BCUT2D eigenvalue weighted by Gasteiger charge is 2.56. The van der Waals surface area contributed by atoms with Gasteiger partial charge in [-0.3, -0.25) is 9.69 Å². The van der Waals surface area contributed by atoms with Gasteiger partial charge >= 0.3 is 6.09 Å². The lowest BCUT2D eigenvalue weighted by Gasteiger charge is -2.26. The molecule has 1 aliphatic carbocycles. The third kappa shape index (κ3) is 3.78. The second kappa shape index (κ2) is 7.27. The smallest absolute Gasteiger partial charge is 0.410 e. The zero-order valence-corrected chi connectivity index (χ0v) is 15.8. The molecule has 1 aromatic rings. The molecule has 2 heterocycles. The van der Waals surface area contributed by atoms with Gasteiger partial charge in [0.25, 0.3) is 0 Å². The van der Waals surface area contributed by atoms with Gasteiger partial charge in [-0.2, -0.15) is 0 Å². The molecular weight excluding hydrogens is 393 g/mol. The first-order valence-corrected chi connectivity index (χ1v) is 9.30. The standard InChI is InChI=1S/C17H21BrFN3O3/c1-3-4-5-25-17(24)22-12-7-10(12)8-13(22)16(23)21-15-9(2)6-11(19)14(18)20-15/h6,10,12-13H,3-5,7-8H2,1-2H3,(H,20,21,23). The van der Waals surface area contributed by atoms with Crippen molar-refractivity contribution in [3.05, 3.63) is 22.1 Å². The summed E-state index contributed by atoms with van der Waals surface area (Å²) in [6, 6.07) is 0.831. The highest BCUT2D eigenvalue weighted by Crippen LogP contribution is 2.48. The molecule has 1 N–H and O–H groups in total. The van der Waals surface area contributed by atoms with Gasteiger partial charge in [-0.15, -0.1) is 0 Å². The predicted octanol–water partition coefficient (Wildman–Crippen LogP) is 3.63. The average molecular weight is 414 g/mol. The van der Waals surface area contributed by atoms with Gasteiger partial charge < -0.3 is 10.1 Å². The second-order valence-corrected chi connectivity index (χ2v) is 7.36. The molecule has 1 saturated carbocycles. The van der Waals surface area contributed by atoms with E-state index in [9.17, 15) is 14.0 Å². The van der Waals surface area contributed by atoms with E-state index in [2.05, 4.69) is 26.2 Å². The molecule has 0 spiro atoms. The highest BCUT2D eigenvalue weighted by molar-refractivity contribution is 9.10. The molecule has 3 atom stereocenters. The van der Waals surface area contributed by atoms with Gasteiger partial charge in [-0.1, -0.05) is 13.3 Å². The molecule has 2 aliphatic rings. The number of aryl methyl sites for hydroxylation is 1. The summed E-state index contributed by atoms with van der Waals surface area (Å²) in [4.78, 5) is 30.6. The van der Waals surface area contributed by atoms with Gasteiger partial charge in [-0.25, -0.2) is 14.2 Å². The number of pyridine rings is 1. The number of fused-ring (bicyclic) bond motifs is 1. The SMILES string of the molecule is CCCCOC(=O)N1C(C(=O)Nc2nc(Br)c(F)cc2C)CC2CC21. The Hall–Kier alpha value is -1.70. The Morgan fingerprint density at radius 3 is 2.96 bits per heavy atom. The van der Waals surface area contributed by atoms with E-state index in [0.717, 1.165) is 19.3 Å². The number of likely N-dealkylation sites (tertiary alicyclic amines) is 1. The third-order valence-corrected chi connectivity index (χ3v) is 5.26. The van der Waals surface area contributed by atoms with Gasteiger partial charge in [0.1, 0.15) is 16.5 Å². The number of aromatic nitrogens is 1. The molecule has 136 valence electrons. The van der Waals surface area contributed by atoms with Crippen molar-refractivity contribution in [2.24, 2.45) is 5.92 Å². The monoisotopic (exact) mass is 413 g/mol. The number of carbonyl (C=O) groups excluding carboxylic acids is 2. The van der Waals surface area contributed by atoms with E-state index in [1.165, 1.54) is 6.07 Å². The quantitative estimate of drug-likeness (QED) is 0.590. The fraction of sp³-hybridized carbons (Fsp3) is 0.588. The van der Waals surface area contributed by atoms with Crippen molar-refractivity contribution in [3.8, 4) is 0 Å². The molecule has 6 nitrogen and oxygen atoms in total. The summed E-state index contributed by atoms with van der Waals surface area (Å²) >= 11 is 3.02. The molecule has 3 unspecified atom stereocenters. The van der Waals surface area contributed by atoms with E-state index in [1.54, 1.807) is 11.8 Å². The number of hydrogen-bond donors (Lipinski definition) is 1. The molecule has 3 rings (SSSR count). The Balaban J connectivity index is 1.69. The molecule has 0 aromatic carbocycles. The van der Waals surface area contributed by atoms with Crippen molar-refractivity contribution in [2.75, 3.05) is 11.9 Å². The fourth-order valence-electron chi connectivity index (χ4n) is 3.22. The van der Waals surface area contributed by atoms with Crippen molar-refractivity contribution in [3.63, 3.8) is 0 Å². The number of anilines is 1. The molecule has 1 aliphatic heterocycles. The Kier molecular flexibility index (Phi) is 5.27. The van der Waals surface area contributed by atoms with Crippen LogP contribution in [0.4, 0.5) is 15.0 Å². The summed E-state index contributed by atoms with van der Waals surface area (Å²) in [6.45, 7) is 4.05. The molecule has 2 amide bonds. The van der Waals surface area contributed by atoms with E-state index in [4.69, 9.17) is 4.74 Å². The molecule has 25 heavy (non-hydrogen) atoms. The van der Waals surface area contributed by atoms with Gasteiger partial charge in [0, 0.05) is 6.04 Å². The molecular formula is C17H21BrFN3O3. The Morgan fingerprint density at radius 1 is 1.48 bits per heavy atom. The number of amides is 2. The van der Waals surface area contributed by atoms with Crippen LogP contribution in [0.15, 0.2) is 10.7 Å². The van der Waals surface area contributed by atoms with Gasteiger partial charge in [0.2, 0.25) is 5.91 Å². The zero-order valence-electron chi connectivity index (χ0n) is 14.2. The van der Waals surface area contributed by atoms with Crippen LogP contribution >= 0.6 is 15.9 Å². The minimum Gasteiger partial charge on any atom is -0.449 e. The zero-order chi connectivity index (χ0) is 18.1. The van der Waals surface area contributed by atoms with Crippen molar-refractivity contribution in [1.82, 2.24) is 9.88 Å². The van der Waals surface area contributed by atoms with Gasteiger partial charge in [0.05, 0.1) is 6.61 Å². The lowest BCUT2D eigenvalue weighted by atomic mass is 10.1. The van der Waals surface area contributed by atoms with E-state index in [-0.39, 0.29) is 22.4 Å². The van der Waals surface area contributed by atoms with E-state index >= 15 is 0 Å². The van der Waals surface area contributed by atoms with Crippen LogP contribution in [0.25, 0.3) is 0 Å². The van der Waals surface area contributed by atoms with Crippen molar-refractivity contribution in [1.29, 1.82) is 0 Å². The van der Waals surface area contributed by atoms with Crippen LogP contribution in [-0.4, -0.2) is 40.6 Å². The molecule has 2 fully saturated rings. The summed E-state index contributed by atoms with van der Waals surface area (Å²) in [6.07, 6.45) is 2.86. The average Bonchev–Trinajstić information content (AvgIpc) is 3.22. The number of nitrogens with zero attached hydrogens (tertiary/aromatic N) is 2. The van der Waals surface area contributed by atoms with Gasteiger partial charge in [0.15, 0.2) is 5.82 Å². The summed E-state index contributed by atoms with van der Waals surface area (Å²) in [5.74, 6) is -0.144. The van der Waals surface area contributed by atoms with Crippen LogP contribution < -0.4 is 5.32 Å². The van der Waals surface area contributed by atoms with Crippen LogP contribution in [0.5, 0.6) is 0 Å². The van der Waals surface area contributed by atoms with Crippen LogP contribution in [-0.2, 0) is 9.53 Å². The number of rotatable bonds is 5. The first-order chi connectivity index (χ1) is 11.9. The fourth-order valence-corrected chi connectivity index (χ4v) is 3.51. The second-order valence-electron chi connectivity index (χ2n) is 6.61. The largest absolute Gasteiger partial charge is 0.449 e. The first-order valence-electron chi connectivity index (χ1n) is 8.51. The maximum absolute atomic E-state index is 13.5. The minimum absolute atomic E-state index is 0.0403. The van der Waals surface area contributed by atoms with E-state index in [1.807, 2.05) is 6.92 Å². The number of nitrogens with one attached hydrogen (secondary N) is 1. The van der Waals surface area contributed by atoms with E-state index < -0.39 is 18.0 Å². The molecule has 1 saturated heterocycles. The third-order valence-electron chi connectivity index (χ3n) is 4.71. The number of unbranched alkanes of at least 4 members (excludes halogenated alkanes) is 1. The van der Waals surface area contributed by atoms with Gasteiger partial charge in [-0.05, 0) is 59.7 Å². The number of carbonyl (C=O) groups is 2. The normalized spacial score (nSPS) is 24.0. The maximum Gasteiger partial charge on any atom is 0.410 e. The Morgan fingerprint density at radius 2 is 2.24 bits per heavy atom.